The van der Waals surface area contributed by atoms with Crippen molar-refractivity contribution in [1.29, 1.82) is 0 Å². The van der Waals surface area contributed by atoms with Gasteiger partial charge in [-0.3, -0.25) is 4.79 Å². The molecule has 0 fully saturated rings. The van der Waals surface area contributed by atoms with Crippen LogP contribution in [-0.4, -0.2) is 5.91 Å². The zero-order chi connectivity index (χ0) is 14.9. The molecule has 0 heterocycles. The minimum atomic E-state index is -0.153. The van der Waals surface area contributed by atoms with Gasteiger partial charge in [-0.1, -0.05) is 31.9 Å². The summed E-state index contributed by atoms with van der Waals surface area (Å²) < 4.78 is 4.30. The van der Waals surface area contributed by atoms with Crippen molar-refractivity contribution in [2.24, 2.45) is 0 Å². The van der Waals surface area contributed by atoms with E-state index in [1.165, 1.54) is 0 Å². The first-order valence-electron chi connectivity index (χ1n) is 5.29. The van der Waals surface area contributed by atoms with Gasteiger partial charge in [0, 0.05) is 21.5 Å². The molecule has 1 amide bonds. The van der Waals surface area contributed by atoms with Gasteiger partial charge in [0.15, 0.2) is 0 Å². The molecule has 0 saturated heterocycles. The van der Waals surface area contributed by atoms with Gasteiger partial charge in [-0.25, -0.2) is 0 Å². The number of amides is 1. The topological polar surface area (TPSA) is 29.1 Å². The summed E-state index contributed by atoms with van der Waals surface area (Å²) in [7, 11) is 0. The molecule has 2 rings (SSSR count). The average molecular weight is 639 g/mol. The third kappa shape index (κ3) is 4.06. The second kappa shape index (κ2) is 7.21. The Hall–Kier alpha value is 0.560. The van der Waals surface area contributed by atoms with Crippen LogP contribution in [0.25, 0.3) is 0 Å². The summed E-state index contributed by atoms with van der Waals surface area (Å²) in [5, 5.41) is 2.91. The van der Waals surface area contributed by atoms with Crippen LogP contribution in [0.1, 0.15) is 10.4 Å². The van der Waals surface area contributed by atoms with Gasteiger partial charge >= 0.3 is 0 Å². The molecule has 7 heteroatoms. The maximum absolute atomic E-state index is 12.4. The molecule has 104 valence electrons. The van der Waals surface area contributed by atoms with Crippen molar-refractivity contribution in [3.05, 3.63) is 57.4 Å². The summed E-state index contributed by atoms with van der Waals surface area (Å²) in [6.45, 7) is 0. The highest BCUT2D eigenvalue weighted by atomic mass is 127. The maximum atomic E-state index is 12.4. The minimum absolute atomic E-state index is 0.153. The summed E-state index contributed by atoms with van der Waals surface area (Å²) in [4.78, 5) is 12.4. The Kier molecular flexibility index (Phi) is 6.10. The number of carbonyl (C=O) groups is 1. The van der Waals surface area contributed by atoms with Gasteiger partial charge in [0.25, 0.3) is 5.91 Å². The number of benzene rings is 2. The lowest BCUT2D eigenvalue weighted by Crippen LogP contribution is -2.14. The molecule has 0 aromatic heterocycles. The van der Waals surface area contributed by atoms with Gasteiger partial charge in [-0.2, -0.15) is 0 Å². The van der Waals surface area contributed by atoms with E-state index < -0.39 is 0 Å². The molecule has 0 saturated carbocycles. The Balaban J connectivity index is 2.35. The van der Waals surface area contributed by atoms with Crippen molar-refractivity contribution in [3.8, 4) is 0 Å². The maximum Gasteiger partial charge on any atom is 0.256 e. The number of carbonyl (C=O) groups excluding carboxylic acids is 1. The zero-order valence-corrected chi connectivity index (χ0v) is 18.2. The van der Waals surface area contributed by atoms with E-state index >= 15 is 0 Å². The zero-order valence-electron chi connectivity index (χ0n) is 9.68. The van der Waals surface area contributed by atoms with Crippen LogP contribution in [0.15, 0.2) is 48.2 Å². The van der Waals surface area contributed by atoms with Gasteiger partial charge in [0.1, 0.15) is 0 Å². The Morgan fingerprint density at radius 3 is 2.15 bits per heavy atom. The molecule has 1 N–H and O–H groups in total. The number of hydrogen-bond acceptors (Lipinski definition) is 1. The molecule has 2 aromatic rings. The van der Waals surface area contributed by atoms with E-state index in [-0.39, 0.29) is 5.91 Å². The average Bonchev–Trinajstić information content (AvgIpc) is 2.36. The van der Waals surface area contributed by atoms with Crippen LogP contribution < -0.4 is 5.32 Å². The summed E-state index contributed by atoms with van der Waals surface area (Å²) in [6.07, 6.45) is 0. The fourth-order valence-electron chi connectivity index (χ4n) is 1.51. The predicted octanol–water partition coefficient (Wildman–Crippen LogP) is 6.59. The van der Waals surface area contributed by atoms with E-state index in [1.54, 1.807) is 6.07 Å². The monoisotopic (exact) mass is 635 g/mol. The number of hydrogen-bond donors (Lipinski definition) is 1. The van der Waals surface area contributed by atoms with E-state index in [4.69, 9.17) is 0 Å². The van der Waals surface area contributed by atoms with E-state index in [2.05, 4.69) is 91.6 Å². The van der Waals surface area contributed by atoms with E-state index in [0.717, 1.165) is 21.5 Å². The van der Waals surface area contributed by atoms with Crippen LogP contribution >= 0.6 is 86.3 Å². The molecule has 0 spiro atoms. The molecule has 2 aromatic carbocycles. The fraction of sp³-hybridized carbons (Fsp3) is 0. The van der Waals surface area contributed by atoms with Crippen molar-refractivity contribution in [1.82, 2.24) is 0 Å². The second-order valence-electron chi connectivity index (χ2n) is 3.82. The number of anilines is 1. The predicted molar refractivity (Wildman–Crippen MR) is 104 cm³/mol. The van der Waals surface area contributed by atoms with Gasteiger partial charge in [-0.05, 0) is 84.8 Å². The van der Waals surface area contributed by atoms with Crippen molar-refractivity contribution < 1.29 is 4.79 Å². The molecule has 0 aliphatic rings. The molecule has 0 bridgehead atoms. The molecule has 0 radical (unpaired) electrons. The lowest BCUT2D eigenvalue weighted by atomic mass is 10.2. The number of nitrogens with one attached hydrogen (secondary N) is 1. The van der Waals surface area contributed by atoms with Crippen LogP contribution in [-0.2, 0) is 0 Å². The quantitative estimate of drug-likeness (QED) is 0.370. The van der Waals surface area contributed by atoms with Crippen molar-refractivity contribution in [3.63, 3.8) is 0 Å². The largest absolute Gasteiger partial charge is 0.320 e. The molecule has 0 atom stereocenters. The summed E-state index contributed by atoms with van der Waals surface area (Å²) in [5.41, 5.74) is 1.33. The minimum Gasteiger partial charge on any atom is -0.320 e. The smallest absolute Gasteiger partial charge is 0.256 e. The molecule has 0 aliphatic heterocycles. The Bertz CT molecular complexity index is 667. The van der Waals surface area contributed by atoms with Gasteiger partial charge < -0.3 is 5.32 Å². The Morgan fingerprint density at radius 1 is 0.950 bits per heavy atom. The number of rotatable bonds is 2. The second-order valence-corrected chi connectivity index (χ2v) is 8.52. The molecule has 2 nitrogen and oxygen atoms in total. The first-order valence-corrected chi connectivity index (χ1v) is 9.54. The highest BCUT2D eigenvalue weighted by Gasteiger charge is 2.14. The highest BCUT2D eigenvalue weighted by molar-refractivity contribution is 14.1. The first kappa shape index (κ1) is 16.9. The number of halogens is 5. The van der Waals surface area contributed by atoms with Crippen LogP contribution in [0.3, 0.4) is 0 Å². The Labute approximate surface area is 163 Å². The fourth-order valence-corrected chi connectivity index (χ4v) is 4.91. The lowest BCUT2D eigenvalue weighted by Gasteiger charge is -2.11. The van der Waals surface area contributed by atoms with E-state index in [9.17, 15) is 4.79 Å². The third-order valence-corrected chi connectivity index (χ3v) is 5.56. The standard InChI is InChI=1S/C13H6Br4INO/c14-6-1-2-11(18)8(3-6)13(20)19-12-9(16)4-7(15)5-10(12)17/h1-5H,(H,19,20). The van der Waals surface area contributed by atoms with Crippen LogP contribution in [0.4, 0.5) is 5.69 Å². The van der Waals surface area contributed by atoms with Crippen LogP contribution in [0.5, 0.6) is 0 Å². The van der Waals surface area contributed by atoms with E-state index in [0.29, 0.717) is 11.3 Å². The van der Waals surface area contributed by atoms with E-state index in [1.807, 2.05) is 24.3 Å². The summed E-state index contributed by atoms with van der Waals surface area (Å²) >= 11 is 15.8. The van der Waals surface area contributed by atoms with Gasteiger partial charge in [0.05, 0.1) is 11.3 Å². The lowest BCUT2D eigenvalue weighted by molar-refractivity contribution is 0.102. The van der Waals surface area contributed by atoms with Crippen molar-refractivity contribution in [2.45, 2.75) is 0 Å². The molecular formula is C13H6Br4INO. The summed E-state index contributed by atoms with van der Waals surface area (Å²) in [6, 6.07) is 9.37. The van der Waals surface area contributed by atoms with Gasteiger partial charge in [-0.15, -0.1) is 0 Å². The third-order valence-electron chi connectivity index (χ3n) is 2.42. The molecule has 0 unspecified atom stereocenters. The first-order chi connectivity index (χ1) is 9.38. The van der Waals surface area contributed by atoms with Crippen LogP contribution in [0, 0.1) is 3.57 Å². The normalized spacial score (nSPS) is 10.4. The Morgan fingerprint density at radius 2 is 1.55 bits per heavy atom. The highest BCUT2D eigenvalue weighted by Crippen LogP contribution is 2.35. The van der Waals surface area contributed by atoms with Crippen molar-refractivity contribution >= 4 is 97.9 Å². The van der Waals surface area contributed by atoms with Crippen LogP contribution in [0.2, 0.25) is 0 Å². The SMILES string of the molecule is O=C(Nc1c(Br)cc(Br)cc1Br)c1cc(Br)ccc1I. The molecular weight excluding hydrogens is 633 g/mol. The van der Waals surface area contributed by atoms with Crippen molar-refractivity contribution in [2.75, 3.05) is 5.32 Å². The summed E-state index contributed by atoms with van der Waals surface area (Å²) in [5.74, 6) is -0.153. The molecule has 20 heavy (non-hydrogen) atoms. The van der Waals surface area contributed by atoms with Gasteiger partial charge in [0.2, 0.25) is 0 Å². The molecule has 0 aliphatic carbocycles.